The number of esters is 1. The third kappa shape index (κ3) is 5.26. The number of nitrogens with zero attached hydrogens (tertiary/aromatic N) is 3. The van der Waals surface area contributed by atoms with Crippen LogP contribution in [0.5, 0.6) is 0 Å². The largest absolute Gasteiger partial charge is 0.452 e. The van der Waals surface area contributed by atoms with Crippen LogP contribution in [-0.4, -0.2) is 33.2 Å². The number of ether oxygens (including phenoxy) is 1. The summed E-state index contributed by atoms with van der Waals surface area (Å²) in [4.78, 5) is 27.7. The van der Waals surface area contributed by atoms with Crippen molar-refractivity contribution < 1.29 is 14.3 Å². The van der Waals surface area contributed by atoms with Crippen molar-refractivity contribution in [3.05, 3.63) is 77.8 Å². The van der Waals surface area contributed by atoms with Crippen LogP contribution >= 0.6 is 11.6 Å². The molecule has 1 amide bonds. The number of aromatic nitrogens is 3. The van der Waals surface area contributed by atoms with E-state index in [1.807, 2.05) is 30.3 Å². The first-order chi connectivity index (χ1) is 13.1. The second-order valence-corrected chi connectivity index (χ2v) is 5.84. The Morgan fingerprint density at radius 3 is 2.74 bits per heavy atom. The van der Waals surface area contributed by atoms with Crippen LogP contribution in [0.2, 0.25) is 5.02 Å². The smallest absolute Gasteiger partial charge is 0.331 e. The third-order valence-corrected chi connectivity index (χ3v) is 3.69. The van der Waals surface area contributed by atoms with Gasteiger partial charge in [-0.1, -0.05) is 41.9 Å². The highest BCUT2D eigenvalue weighted by atomic mass is 35.5. The number of carbonyl (C=O) groups is 2. The van der Waals surface area contributed by atoms with Crippen molar-refractivity contribution in [2.24, 2.45) is 0 Å². The lowest BCUT2D eigenvalue weighted by atomic mass is 10.2. The van der Waals surface area contributed by atoms with E-state index >= 15 is 0 Å². The zero-order valence-corrected chi connectivity index (χ0v) is 14.8. The number of hydrogen-bond acceptors (Lipinski definition) is 5. The summed E-state index contributed by atoms with van der Waals surface area (Å²) in [6, 6.07) is 14.2. The molecule has 0 radical (unpaired) electrons. The van der Waals surface area contributed by atoms with Gasteiger partial charge in [0.25, 0.3) is 5.91 Å². The molecule has 0 atom stereocenters. The number of halogens is 1. The van der Waals surface area contributed by atoms with Crippen molar-refractivity contribution in [1.82, 2.24) is 14.8 Å². The van der Waals surface area contributed by atoms with Gasteiger partial charge in [-0.25, -0.2) is 14.5 Å². The molecular formula is C19H15ClN4O3. The molecule has 0 saturated heterocycles. The topological polar surface area (TPSA) is 86.1 Å². The average Bonchev–Trinajstić information content (AvgIpc) is 3.20. The molecular weight excluding hydrogens is 368 g/mol. The Labute approximate surface area is 160 Å². The van der Waals surface area contributed by atoms with Crippen molar-refractivity contribution in [3.63, 3.8) is 0 Å². The van der Waals surface area contributed by atoms with Crippen LogP contribution in [0.3, 0.4) is 0 Å². The quantitative estimate of drug-likeness (QED) is 0.523. The second kappa shape index (κ2) is 8.77. The molecule has 27 heavy (non-hydrogen) atoms. The van der Waals surface area contributed by atoms with E-state index in [0.717, 1.165) is 5.56 Å². The number of nitrogens with one attached hydrogen (secondary N) is 1. The molecule has 0 aliphatic heterocycles. The molecule has 136 valence electrons. The van der Waals surface area contributed by atoms with Gasteiger partial charge in [-0.3, -0.25) is 4.79 Å². The summed E-state index contributed by atoms with van der Waals surface area (Å²) in [6.45, 7) is -0.429. The molecule has 7 nitrogen and oxygen atoms in total. The third-order valence-electron chi connectivity index (χ3n) is 3.46. The molecule has 0 saturated carbocycles. The molecule has 2 aromatic carbocycles. The van der Waals surface area contributed by atoms with Crippen molar-refractivity contribution in [3.8, 4) is 5.69 Å². The van der Waals surface area contributed by atoms with E-state index in [9.17, 15) is 9.59 Å². The first kappa shape index (κ1) is 18.3. The van der Waals surface area contributed by atoms with Gasteiger partial charge in [0.1, 0.15) is 12.7 Å². The molecule has 0 aliphatic carbocycles. The predicted molar refractivity (Wildman–Crippen MR) is 101 cm³/mol. The molecule has 8 heteroatoms. The Morgan fingerprint density at radius 1 is 1.19 bits per heavy atom. The van der Waals surface area contributed by atoms with E-state index < -0.39 is 18.5 Å². The Bertz CT molecular complexity index is 956. The lowest BCUT2D eigenvalue weighted by Gasteiger charge is -2.11. The summed E-state index contributed by atoms with van der Waals surface area (Å²) < 4.78 is 6.44. The van der Waals surface area contributed by atoms with Gasteiger partial charge in [0.05, 0.1) is 11.4 Å². The lowest BCUT2D eigenvalue weighted by molar-refractivity contribution is -0.142. The minimum absolute atomic E-state index is 0.425. The molecule has 0 fully saturated rings. The van der Waals surface area contributed by atoms with Gasteiger partial charge in [0, 0.05) is 11.1 Å². The molecule has 1 N–H and O–H groups in total. The summed E-state index contributed by atoms with van der Waals surface area (Å²) >= 11 is 6.00. The highest BCUT2D eigenvalue weighted by molar-refractivity contribution is 6.31. The number of benzene rings is 2. The van der Waals surface area contributed by atoms with E-state index in [4.69, 9.17) is 16.3 Å². The van der Waals surface area contributed by atoms with Crippen molar-refractivity contribution in [2.75, 3.05) is 11.9 Å². The second-order valence-electron chi connectivity index (χ2n) is 5.40. The van der Waals surface area contributed by atoms with Crippen LogP contribution in [0.1, 0.15) is 5.56 Å². The molecule has 3 aromatic rings. The Kier molecular flexibility index (Phi) is 5.96. The van der Waals surface area contributed by atoms with E-state index in [1.165, 1.54) is 23.4 Å². The molecule has 0 unspecified atom stereocenters. The zero-order valence-electron chi connectivity index (χ0n) is 14.1. The minimum atomic E-state index is -0.614. The van der Waals surface area contributed by atoms with Crippen molar-refractivity contribution in [2.45, 2.75) is 0 Å². The number of carbonyl (C=O) groups excluding carboxylic acids is 2. The highest BCUT2D eigenvalue weighted by Gasteiger charge is 2.11. The van der Waals surface area contributed by atoms with Crippen LogP contribution in [0.4, 0.5) is 5.69 Å². The normalized spacial score (nSPS) is 10.7. The molecule has 0 spiro atoms. The van der Waals surface area contributed by atoms with E-state index in [0.29, 0.717) is 16.4 Å². The molecule has 0 aliphatic rings. The monoisotopic (exact) mass is 382 g/mol. The highest BCUT2D eigenvalue weighted by Crippen LogP contribution is 2.23. The summed E-state index contributed by atoms with van der Waals surface area (Å²) in [5, 5.41) is 7.13. The fraction of sp³-hybridized carbons (Fsp3) is 0.0526. The summed E-state index contributed by atoms with van der Waals surface area (Å²) in [7, 11) is 0. The van der Waals surface area contributed by atoms with Gasteiger partial charge < -0.3 is 10.1 Å². The van der Waals surface area contributed by atoms with E-state index in [1.54, 1.807) is 24.3 Å². The lowest BCUT2D eigenvalue weighted by Crippen LogP contribution is -2.21. The first-order valence-corrected chi connectivity index (χ1v) is 8.34. The Morgan fingerprint density at radius 2 is 2.00 bits per heavy atom. The molecule has 3 rings (SSSR count). The maximum Gasteiger partial charge on any atom is 0.331 e. The molecule has 0 bridgehead atoms. The van der Waals surface area contributed by atoms with Gasteiger partial charge in [-0.15, -0.1) is 0 Å². The number of hydrogen-bond donors (Lipinski definition) is 1. The fourth-order valence-electron chi connectivity index (χ4n) is 2.24. The van der Waals surface area contributed by atoms with Gasteiger partial charge in [0.2, 0.25) is 0 Å². The average molecular weight is 383 g/mol. The van der Waals surface area contributed by atoms with Crippen LogP contribution in [-0.2, 0) is 14.3 Å². The zero-order chi connectivity index (χ0) is 19.1. The van der Waals surface area contributed by atoms with Crippen LogP contribution in [0.15, 0.2) is 67.3 Å². The minimum Gasteiger partial charge on any atom is -0.452 e. The van der Waals surface area contributed by atoms with E-state index in [-0.39, 0.29) is 0 Å². The molecule has 1 aromatic heterocycles. The van der Waals surface area contributed by atoms with Gasteiger partial charge in [-0.05, 0) is 29.8 Å². The van der Waals surface area contributed by atoms with Gasteiger partial charge in [-0.2, -0.15) is 5.10 Å². The maximum atomic E-state index is 12.1. The van der Waals surface area contributed by atoms with Crippen LogP contribution < -0.4 is 5.32 Å². The van der Waals surface area contributed by atoms with Crippen LogP contribution in [0.25, 0.3) is 11.8 Å². The van der Waals surface area contributed by atoms with Crippen molar-refractivity contribution in [1.29, 1.82) is 0 Å². The molecule has 1 heterocycles. The summed E-state index contributed by atoms with van der Waals surface area (Å²) in [6.07, 6.45) is 5.75. The summed E-state index contributed by atoms with van der Waals surface area (Å²) in [5.41, 5.74) is 1.87. The van der Waals surface area contributed by atoms with Crippen molar-refractivity contribution >= 4 is 35.2 Å². The van der Waals surface area contributed by atoms with Gasteiger partial charge in [0.15, 0.2) is 6.61 Å². The Balaban J connectivity index is 1.59. The standard InChI is InChI=1S/C19H15ClN4O3/c20-15-7-8-17(24-13-21-12-22-24)16(10-15)23-18(25)11-27-19(26)9-6-14-4-2-1-3-5-14/h1-10,12-13H,11H2,(H,23,25)/b9-6+. The number of amides is 1. The van der Waals surface area contributed by atoms with Gasteiger partial charge >= 0.3 is 5.97 Å². The fourth-order valence-corrected chi connectivity index (χ4v) is 2.41. The predicted octanol–water partition coefficient (Wildman–Crippen LogP) is 3.12. The number of anilines is 1. The van der Waals surface area contributed by atoms with E-state index in [2.05, 4.69) is 15.4 Å². The first-order valence-electron chi connectivity index (χ1n) is 7.96. The SMILES string of the molecule is O=C(COC(=O)/C=C/c1ccccc1)Nc1cc(Cl)ccc1-n1cncn1. The summed E-state index contributed by atoms with van der Waals surface area (Å²) in [5.74, 6) is -1.11. The number of rotatable bonds is 6. The Hall–Kier alpha value is -3.45. The van der Waals surface area contributed by atoms with Crippen LogP contribution in [0, 0.1) is 0 Å². The maximum absolute atomic E-state index is 12.1.